The molecule has 4 atom stereocenters. The standard InChI is InChI=1S/C13H14O5/c1-10-6(14)5-7(15)11(10,2)13(4)9(17)18-8(16)12(10,13)3/h5H2,1-4H3/t10-,11-,12-,13+/m0/s1. The molecule has 0 spiro atoms. The Kier molecular flexibility index (Phi) is 1.57. The van der Waals surface area contributed by atoms with E-state index < -0.39 is 33.6 Å². The van der Waals surface area contributed by atoms with Crippen LogP contribution in [0.15, 0.2) is 0 Å². The summed E-state index contributed by atoms with van der Waals surface area (Å²) in [6.45, 7) is 6.36. The highest BCUT2D eigenvalue weighted by atomic mass is 16.6. The van der Waals surface area contributed by atoms with Crippen LogP contribution in [0.1, 0.15) is 34.1 Å². The van der Waals surface area contributed by atoms with Crippen molar-refractivity contribution in [3.63, 3.8) is 0 Å². The molecule has 3 rings (SSSR count). The van der Waals surface area contributed by atoms with Gasteiger partial charge in [-0.15, -0.1) is 0 Å². The van der Waals surface area contributed by atoms with Gasteiger partial charge >= 0.3 is 11.9 Å². The van der Waals surface area contributed by atoms with Gasteiger partial charge in [-0.05, 0) is 13.8 Å². The molecule has 1 heterocycles. The van der Waals surface area contributed by atoms with Crippen molar-refractivity contribution in [3.05, 3.63) is 0 Å². The Hall–Kier alpha value is -1.52. The molecule has 3 fully saturated rings. The number of hydrogen-bond donors (Lipinski definition) is 0. The number of esters is 2. The number of Topliss-reactive ketones (excluding diaryl/α,β-unsaturated/α-hetero) is 2. The fourth-order valence-electron chi connectivity index (χ4n) is 4.66. The van der Waals surface area contributed by atoms with Gasteiger partial charge in [0.1, 0.15) is 11.6 Å². The summed E-state index contributed by atoms with van der Waals surface area (Å²) in [6.07, 6.45) is -0.196. The fourth-order valence-corrected chi connectivity index (χ4v) is 4.66. The van der Waals surface area contributed by atoms with Crippen molar-refractivity contribution < 1.29 is 23.9 Å². The summed E-state index contributed by atoms with van der Waals surface area (Å²) >= 11 is 0. The van der Waals surface area contributed by atoms with Gasteiger partial charge in [-0.2, -0.15) is 0 Å². The van der Waals surface area contributed by atoms with E-state index in [2.05, 4.69) is 0 Å². The van der Waals surface area contributed by atoms with Crippen molar-refractivity contribution in [2.24, 2.45) is 21.7 Å². The summed E-state index contributed by atoms with van der Waals surface area (Å²) in [7, 11) is 0. The predicted octanol–water partition coefficient (Wildman–Crippen LogP) is 0.651. The maximum Gasteiger partial charge on any atom is 0.321 e. The Labute approximate surface area is 104 Å². The van der Waals surface area contributed by atoms with E-state index in [0.29, 0.717) is 0 Å². The Morgan fingerprint density at radius 2 is 1.06 bits per heavy atom. The smallest absolute Gasteiger partial charge is 0.321 e. The zero-order valence-corrected chi connectivity index (χ0v) is 10.7. The third-order valence-electron chi connectivity index (χ3n) is 6.44. The molecule has 2 aliphatic carbocycles. The third-order valence-corrected chi connectivity index (χ3v) is 6.44. The molecule has 3 aliphatic rings. The minimum atomic E-state index is -1.23. The molecule has 96 valence electrons. The highest BCUT2D eigenvalue weighted by Gasteiger charge is 2.95. The van der Waals surface area contributed by atoms with Gasteiger partial charge in [-0.1, -0.05) is 13.8 Å². The maximum absolute atomic E-state index is 12.2. The molecule has 0 aromatic heterocycles. The average Bonchev–Trinajstić information content (AvgIpc) is 2.57. The lowest BCUT2D eigenvalue weighted by Crippen LogP contribution is -2.77. The first-order valence-electron chi connectivity index (χ1n) is 5.93. The molecule has 0 radical (unpaired) electrons. The van der Waals surface area contributed by atoms with E-state index in [1.165, 1.54) is 0 Å². The van der Waals surface area contributed by atoms with Gasteiger partial charge in [0.25, 0.3) is 0 Å². The monoisotopic (exact) mass is 250 g/mol. The first-order valence-corrected chi connectivity index (χ1v) is 5.93. The second-order valence-corrected chi connectivity index (χ2v) is 6.20. The van der Waals surface area contributed by atoms with Crippen molar-refractivity contribution in [1.82, 2.24) is 0 Å². The molecular weight excluding hydrogens is 236 g/mol. The van der Waals surface area contributed by atoms with Crippen LogP contribution in [-0.2, 0) is 23.9 Å². The van der Waals surface area contributed by atoms with Crippen LogP contribution < -0.4 is 0 Å². The molecule has 1 aliphatic heterocycles. The van der Waals surface area contributed by atoms with Crippen molar-refractivity contribution >= 4 is 23.5 Å². The summed E-state index contributed by atoms with van der Waals surface area (Å²) in [5.41, 5.74) is -4.71. The quantitative estimate of drug-likeness (QED) is 0.466. The summed E-state index contributed by atoms with van der Waals surface area (Å²) in [4.78, 5) is 48.4. The predicted molar refractivity (Wildman–Crippen MR) is 58.2 cm³/mol. The van der Waals surface area contributed by atoms with Gasteiger partial charge < -0.3 is 4.74 Å². The second-order valence-electron chi connectivity index (χ2n) is 6.20. The molecule has 0 N–H and O–H groups in total. The number of rotatable bonds is 0. The van der Waals surface area contributed by atoms with Gasteiger partial charge in [0.15, 0.2) is 0 Å². The lowest BCUT2D eigenvalue weighted by atomic mass is 9.27. The molecule has 18 heavy (non-hydrogen) atoms. The molecule has 5 heteroatoms. The van der Waals surface area contributed by atoms with Gasteiger partial charge in [-0.25, -0.2) is 0 Å². The first-order chi connectivity index (χ1) is 8.10. The Balaban J connectivity index is 2.38. The number of carbonyl (C=O) groups is 4. The number of carbonyl (C=O) groups excluding carboxylic acids is 4. The largest absolute Gasteiger partial charge is 0.392 e. The minimum Gasteiger partial charge on any atom is -0.392 e. The van der Waals surface area contributed by atoms with E-state index in [1.807, 2.05) is 0 Å². The first kappa shape index (κ1) is 11.6. The van der Waals surface area contributed by atoms with Crippen LogP contribution in [0.4, 0.5) is 0 Å². The minimum absolute atomic E-state index is 0.196. The van der Waals surface area contributed by atoms with Crippen molar-refractivity contribution in [1.29, 1.82) is 0 Å². The molecule has 0 aromatic carbocycles. The van der Waals surface area contributed by atoms with Crippen LogP contribution in [0.5, 0.6) is 0 Å². The van der Waals surface area contributed by atoms with Crippen LogP contribution in [-0.4, -0.2) is 23.5 Å². The molecule has 0 unspecified atom stereocenters. The van der Waals surface area contributed by atoms with Crippen molar-refractivity contribution in [2.75, 3.05) is 0 Å². The third kappa shape index (κ3) is 0.595. The molecule has 0 bridgehead atoms. The van der Waals surface area contributed by atoms with Crippen LogP contribution in [0.3, 0.4) is 0 Å². The fraction of sp³-hybridized carbons (Fsp3) is 0.692. The van der Waals surface area contributed by atoms with Gasteiger partial charge in [0.2, 0.25) is 0 Å². The van der Waals surface area contributed by atoms with E-state index >= 15 is 0 Å². The van der Waals surface area contributed by atoms with Crippen LogP contribution in [0.25, 0.3) is 0 Å². The summed E-state index contributed by atoms with van der Waals surface area (Å²) < 4.78 is 4.74. The number of ether oxygens (including phenoxy) is 1. The SMILES string of the molecule is C[C@]12C(=O)CC(=O)[C@]1(C)[C@@]1(C)C(=O)OC(=O)[C@@]21C. The number of fused-ring (bicyclic) bond motifs is 4. The summed E-state index contributed by atoms with van der Waals surface area (Å²) in [5.74, 6) is -1.89. The van der Waals surface area contributed by atoms with Gasteiger partial charge in [-0.3, -0.25) is 19.2 Å². The van der Waals surface area contributed by atoms with Crippen LogP contribution >= 0.6 is 0 Å². The van der Waals surface area contributed by atoms with Crippen LogP contribution in [0, 0.1) is 21.7 Å². The Bertz CT molecular complexity index is 450. The molecule has 2 saturated carbocycles. The summed E-state index contributed by atoms with van der Waals surface area (Å²) in [5, 5.41) is 0. The van der Waals surface area contributed by atoms with E-state index in [-0.39, 0.29) is 18.0 Å². The van der Waals surface area contributed by atoms with Gasteiger partial charge in [0, 0.05) is 0 Å². The highest BCUT2D eigenvalue weighted by Crippen LogP contribution is 2.83. The number of hydrogen-bond acceptors (Lipinski definition) is 5. The van der Waals surface area contributed by atoms with E-state index in [1.54, 1.807) is 27.7 Å². The van der Waals surface area contributed by atoms with Crippen molar-refractivity contribution in [3.8, 4) is 0 Å². The molecule has 0 amide bonds. The van der Waals surface area contributed by atoms with Crippen molar-refractivity contribution in [2.45, 2.75) is 34.1 Å². The average molecular weight is 250 g/mol. The Morgan fingerprint density at radius 3 is 1.39 bits per heavy atom. The van der Waals surface area contributed by atoms with Crippen LogP contribution in [0.2, 0.25) is 0 Å². The number of cyclic esters (lactones) is 2. The maximum atomic E-state index is 12.2. The lowest BCUT2D eigenvalue weighted by molar-refractivity contribution is -0.243. The zero-order chi connectivity index (χ0) is 13.7. The highest BCUT2D eigenvalue weighted by molar-refractivity contribution is 6.23. The van der Waals surface area contributed by atoms with E-state index in [9.17, 15) is 19.2 Å². The zero-order valence-electron chi connectivity index (χ0n) is 10.7. The molecule has 0 aromatic rings. The normalized spacial score (nSPS) is 54.0. The van der Waals surface area contributed by atoms with E-state index in [0.717, 1.165) is 0 Å². The van der Waals surface area contributed by atoms with Gasteiger partial charge in [0.05, 0.1) is 28.1 Å². The molecular formula is C13H14O5. The Morgan fingerprint density at radius 1 is 0.722 bits per heavy atom. The van der Waals surface area contributed by atoms with E-state index in [4.69, 9.17) is 4.74 Å². The molecule has 5 nitrogen and oxygen atoms in total. The molecule has 1 saturated heterocycles. The lowest BCUT2D eigenvalue weighted by Gasteiger charge is -2.67. The number of ketones is 2. The second kappa shape index (κ2) is 2.44. The topological polar surface area (TPSA) is 77.5 Å². The summed E-state index contributed by atoms with van der Waals surface area (Å²) in [6, 6.07) is 0.